The number of aliphatic imine (C=N–C) groups is 1. The summed E-state index contributed by atoms with van der Waals surface area (Å²) in [5.41, 5.74) is 3.88. The molecule has 0 saturated heterocycles. The largest absolute Gasteiger partial charge is 0.507 e. The Kier molecular flexibility index (Phi) is 4.57. The quantitative estimate of drug-likeness (QED) is 0.783. The van der Waals surface area contributed by atoms with Gasteiger partial charge in [-0.15, -0.1) is 0 Å². The van der Waals surface area contributed by atoms with E-state index in [-0.39, 0.29) is 0 Å². The average Bonchev–Trinajstić information content (AvgIpc) is 2.57. The third-order valence-electron chi connectivity index (χ3n) is 4.37. The Hall–Kier alpha value is -2.09. The minimum atomic E-state index is 0.330. The number of phenolic OH excluding ortho intramolecular Hbond substituents is 1. The maximum Gasteiger partial charge on any atom is 0.132 e. The Morgan fingerprint density at radius 2 is 1.77 bits per heavy atom. The minimum Gasteiger partial charge on any atom is -0.507 e. The Labute approximate surface area is 132 Å². The van der Waals surface area contributed by atoms with Gasteiger partial charge in [0.1, 0.15) is 5.75 Å². The lowest BCUT2D eigenvalue weighted by molar-refractivity contribution is 0.444. The summed E-state index contributed by atoms with van der Waals surface area (Å²) in [6, 6.07) is 14.5. The normalized spacial score (nSPS) is 16.2. The number of rotatable bonds is 3. The van der Waals surface area contributed by atoms with Gasteiger partial charge in [-0.25, -0.2) is 0 Å². The first-order valence-electron chi connectivity index (χ1n) is 8.16. The van der Waals surface area contributed by atoms with Crippen molar-refractivity contribution in [1.29, 1.82) is 0 Å². The van der Waals surface area contributed by atoms with Crippen LogP contribution in [-0.2, 0) is 0 Å². The van der Waals surface area contributed by atoms with Crippen molar-refractivity contribution in [3.05, 3.63) is 53.6 Å². The van der Waals surface area contributed by atoms with E-state index in [9.17, 15) is 5.11 Å². The number of hydrogen-bond acceptors (Lipinski definition) is 2. The molecule has 2 aromatic rings. The Morgan fingerprint density at radius 1 is 1.05 bits per heavy atom. The maximum atomic E-state index is 10.6. The SMILES string of the molecule is Cc1cc(C=NC2CCCCC2)c(O)c(-c2ccccc2)c1. The molecule has 0 atom stereocenters. The number of hydrogen-bond donors (Lipinski definition) is 1. The second kappa shape index (κ2) is 6.78. The number of aromatic hydroxyl groups is 1. The predicted molar refractivity (Wildman–Crippen MR) is 92.7 cm³/mol. The smallest absolute Gasteiger partial charge is 0.132 e. The molecular weight excluding hydrogens is 270 g/mol. The van der Waals surface area contributed by atoms with E-state index in [4.69, 9.17) is 4.99 Å². The monoisotopic (exact) mass is 293 g/mol. The molecule has 1 aliphatic carbocycles. The zero-order valence-electron chi connectivity index (χ0n) is 13.1. The van der Waals surface area contributed by atoms with Gasteiger partial charge < -0.3 is 5.11 Å². The second-order valence-corrected chi connectivity index (χ2v) is 6.19. The highest BCUT2D eigenvalue weighted by Gasteiger charge is 2.13. The molecule has 0 radical (unpaired) electrons. The van der Waals surface area contributed by atoms with E-state index in [1.165, 1.54) is 32.1 Å². The number of nitrogens with zero attached hydrogens (tertiary/aromatic N) is 1. The van der Waals surface area contributed by atoms with Crippen LogP contribution in [-0.4, -0.2) is 17.4 Å². The van der Waals surface area contributed by atoms with Crippen LogP contribution in [0.4, 0.5) is 0 Å². The fourth-order valence-electron chi connectivity index (χ4n) is 3.16. The molecule has 2 aromatic carbocycles. The highest BCUT2D eigenvalue weighted by atomic mass is 16.3. The van der Waals surface area contributed by atoms with Crippen molar-refractivity contribution >= 4 is 6.21 Å². The summed E-state index contributed by atoms with van der Waals surface area (Å²) in [6.07, 6.45) is 8.10. The van der Waals surface area contributed by atoms with Crippen molar-refractivity contribution in [1.82, 2.24) is 0 Å². The summed E-state index contributed by atoms with van der Waals surface area (Å²) < 4.78 is 0. The molecule has 0 heterocycles. The van der Waals surface area contributed by atoms with E-state index in [0.717, 1.165) is 22.3 Å². The summed E-state index contributed by atoms with van der Waals surface area (Å²) in [6.45, 7) is 2.06. The van der Waals surface area contributed by atoms with Gasteiger partial charge in [0, 0.05) is 23.4 Å². The van der Waals surface area contributed by atoms with Crippen molar-refractivity contribution in [2.45, 2.75) is 45.1 Å². The van der Waals surface area contributed by atoms with Crippen molar-refractivity contribution in [2.75, 3.05) is 0 Å². The summed E-state index contributed by atoms with van der Waals surface area (Å²) in [4.78, 5) is 4.71. The minimum absolute atomic E-state index is 0.330. The second-order valence-electron chi connectivity index (χ2n) is 6.19. The molecule has 3 rings (SSSR count). The molecule has 0 aliphatic heterocycles. The highest BCUT2D eigenvalue weighted by Crippen LogP contribution is 2.33. The van der Waals surface area contributed by atoms with Gasteiger partial charge in [-0.1, -0.05) is 49.6 Å². The van der Waals surface area contributed by atoms with Gasteiger partial charge in [0.15, 0.2) is 0 Å². The van der Waals surface area contributed by atoms with E-state index in [0.29, 0.717) is 11.8 Å². The van der Waals surface area contributed by atoms with Crippen LogP contribution in [0.5, 0.6) is 5.75 Å². The van der Waals surface area contributed by atoms with Gasteiger partial charge in [0.2, 0.25) is 0 Å². The van der Waals surface area contributed by atoms with Gasteiger partial charge in [-0.05, 0) is 43.0 Å². The zero-order valence-corrected chi connectivity index (χ0v) is 13.1. The van der Waals surface area contributed by atoms with Crippen LogP contribution in [0.1, 0.15) is 43.2 Å². The van der Waals surface area contributed by atoms with E-state index < -0.39 is 0 Å². The van der Waals surface area contributed by atoms with Crippen molar-refractivity contribution in [3.63, 3.8) is 0 Å². The van der Waals surface area contributed by atoms with Gasteiger partial charge >= 0.3 is 0 Å². The topological polar surface area (TPSA) is 32.6 Å². The molecule has 1 fully saturated rings. The molecule has 2 nitrogen and oxygen atoms in total. The fraction of sp³-hybridized carbons (Fsp3) is 0.350. The molecule has 0 aromatic heterocycles. The van der Waals surface area contributed by atoms with Crippen LogP contribution < -0.4 is 0 Å². The fourth-order valence-corrected chi connectivity index (χ4v) is 3.16. The third kappa shape index (κ3) is 3.38. The average molecular weight is 293 g/mol. The Morgan fingerprint density at radius 3 is 2.50 bits per heavy atom. The molecule has 0 unspecified atom stereocenters. The van der Waals surface area contributed by atoms with Gasteiger partial charge in [-0.2, -0.15) is 0 Å². The summed E-state index contributed by atoms with van der Waals surface area (Å²) in [5, 5.41) is 10.6. The number of phenols is 1. The first kappa shape index (κ1) is 14.8. The van der Waals surface area contributed by atoms with E-state index in [2.05, 4.69) is 6.92 Å². The Bertz CT molecular complexity index is 655. The van der Waals surface area contributed by atoms with E-state index in [1.807, 2.05) is 48.7 Å². The van der Waals surface area contributed by atoms with Gasteiger partial charge in [0.05, 0.1) is 0 Å². The van der Waals surface area contributed by atoms with E-state index in [1.54, 1.807) is 0 Å². The van der Waals surface area contributed by atoms with Crippen LogP contribution in [0, 0.1) is 6.92 Å². The standard InChI is InChI=1S/C20H23NO/c1-15-12-17(14-21-18-10-6-3-7-11-18)20(22)19(13-15)16-8-4-2-5-9-16/h2,4-5,8-9,12-14,18,22H,3,6-7,10-11H2,1H3. The molecule has 2 heteroatoms. The number of benzene rings is 2. The molecule has 1 saturated carbocycles. The molecule has 114 valence electrons. The van der Waals surface area contributed by atoms with E-state index >= 15 is 0 Å². The molecular formula is C20H23NO. The predicted octanol–water partition coefficient (Wildman–Crippen LogP) is 5.12. The lowest BCUT2D eigenvalue weighted by Crippen LogP contribution is -2.09. The lowest BCUT2D eigenvalue weighted by Gasteiger charge is -2.17. The van der Waals surface area contributed by atoms with Gasteiger partial charge in [-0.3, -0.25) is 4.99 Å². The lowest BCUT2D eigenvalue weighted by atomic mass is 9.96. The Balaban J connectivity index is 1.91. The van der Waals surface area contributed by atoms with Crippen LogP contribution in [0.25, 0.3) is 11.1 Å². The molecule has 1 N–H and O–H groups in total. The van der Waals surface area contributed by atoms with Crippen LogP contribution in [0.2, 0.25) is 0 Å². The molecule has 22 heavy (non-hydrogen) atoms. The van der Waals surface area contributed by atoms with Crippen LogP contribution in [0.3, 0.4) is 0 Å². The molecule has 0 bridgehead atoms. The maximum absolute atomic E-state index is 10.6. The van der Waals surface area contributed by atoms with Crippen LogP contribution in [0.15, 0.2) is 47.5 Å². The molecule has 1 aliphatic rings. The third-order valence-corrected chi connectivity index (χ3v) is 4.37. The van der Waals surface area contributed by atoms with Gasteiger partial charge in [0.25, 0.3) is 0 Å². The van der Waals surface area contributed by atoms with Crippen molar-refractivity contribution < 1.29 is 5.11 Å². The highest BCUT2D eigenvalue weighted by molar-refractivity contribution is 5.89. The summed E-state index contributed by atoms with van der Waals surface area (Å²) >= 11 is 0. The first-order valence-corrected chi connectivity index (χ1v) is 8.16. The first-order chi connectivity index (χ1) is 10.7. The van der Waals surface area contributed by atoms with Crippen molar-refractivity contribution in [3.8, 4) is 16.9 Å². The zero-order chi connectivity index (χ0) is 15.4. The summed E-state index contributed by atoms with van der Waals surface area (Å²) in [5.74, 6) is 0.330. The molecule has 0 amide bonds. The van der Waals surface area contributed by atoms with Crippen molar-refractivity contribution in [2.24, 2.45) is 4.99 Å². The molecule has 0 spiro atoms. The number of aryl methyl sites for hydroxylation is 1. The van der Waals surface area contributed by atoms with Crippen LogP contribution >= 0.6 is 0 Å². The summed E-state index contributed by atoms with van der Waals surface area (Å²) in [7, 11) is 0.